The molecule has 0 radical (unpaired) electrons. The lowest BCUT2D eigenvalue weighted by atomic mass is 10.1. The van der Waals surface area contributed by atoms with Gasteiger partial charge in [-0.25, -0.2) is 4.98 Å². The van der Waals surface area contributed by atoms with E-state index in [2.05, 4.69) is 14.9 Å². The van der Waals surface area contributed by atoms with Crippen molar-refractivity contribution >= 4 is 11.7 Å². The smallest absolute Gasteiger partial charge is 0.257 e. The molecule has 142 valence electrons. The molecular weight excluding hydrogens is 344 g/mol. The molecule has 7 nitrogen and oxygen atoms in total. The summed E-state index contributed by atoms with van der Waals surface area (Å²) in [5.74, 6) is 1.50. The Balaban J connectivity index is 1.38. The van der Waals surface area contributed by atoms with Crippen molar-refractivity contribution in [1.29, 1.82) is 0 Å². The van der Waals surface area contributed by atoms with Gasteiger partial charge in [-0.15, -0.1) is 0 Å². The van der Waals surface area contributed by atoms with E-state index in [1.165, 1.54) is 0 Å². The van der Waals surface area contributed by atoms with Crippen LogP contribution in [0, 0.1) is 0 Å². The molecule has 1 aromatic carbocycles. The van der Waals surface area contributed by atoms with Crippen LogP contribution in [0.2, 0.25) is 0 Å². The molecule has 1 amide bonds. The zero-order valence-corrected chi connectivity index (χ0v) is 15.3. The van der Waals surface area contributed by atoms with Crippen molar-refractivity contribution in [2.75, 3.05) is 44.3 Å². The number of piperazine rings is 1. The van der Waals surface area contributed by atoms with E-state index in [1.54, 1.807) is 18.6 Å². The van der Waals surface area contributed by atoms with Crippen molar-refractivity contribution in [3.8, 4) is 5.75 Å². The molecule has 2 aromatic rings. The monoisotopic (exact) mass is 368 g/mol. The number of para-hydroxylation sites is 1. The summed E-state index contributed by atoms with van der Waals surface area (Å²) in [5.41, 5.74) is 0.614. The van der Waals surface area contributed by atoms with Gasteiger partial charge < -0.3 is 19.3 Å². The Morgan fingerprint density at radius 1 is 1.19 bits per heavy atom. The highest BCUT2D eigenvalue weighted by Crippen LogP contribution is 2.23. The predicted octanol–water partition coefficient (Wildman–Crippen LogP) is 2.00. The second-order valence-corrected chi connectivity index (χ2v) is 6.79. The number of hydrogen-bond donors (Lipinski definition) is 0. The number of amides is 1. The zero-order valence-electron chi connectivity index (χ0n) is 15.3. The third kappa shape index (κ3) is 4.19. The minimum atomic E-state index is 0.0109. The molecule has 0 N–H and O–H groups in total. The number of carbonyl (C=O) groups excluding carboxylic acids is 1. The maximum absolute atomic E-state index is 13.0. The number of aromatic nitrogens is 2. The molecule has 0 aliphatic carbocycles. The average molecular weight is 368 g/mol. The topological polar surface area (TPSA) is 67.8 Å². The summed E-state index contributed by atoms with van der Waals surface area (Å²) >= 11 is 0. The third-order valence-electron chi connectivity index (χ3n) is 5.01. The molecule has 0 spiro atoms. The summed E-state index contributed by atoms with van der Waals surface area (Å²) in [6.07, 6.45) is 7.33. The fraction of sp³-hybridized carbons (Fsp3) is 0.450. The fourth-order valence-corrected chi connectivity index (χ4v) is 3.49. The van der Waals surface area contributed by atoms with E-state index in [0.29, 0.717) is 31.0 Å². The number of nitrogens with zero attached hydrogens (tertiary/aromatic N) is 4. The molecule has 3 heterocycles. The first-order valence-corrected chi connectivity index (χ1v) is 9.45. The van der Waals surface area contributed by atoms with E-state index in [4.69, 9.17) is 9.47 Å². The molecule has 27 heavy (non-hydrogen) atoms. The Kier molecular flexibility index (Phi) is 5.48. The summed E-state index contributed by atoms with van der Waals surface area (Å²) in [7, 11) is 0. The largest absolute Gasteiger partial charge is 0.490 e. The lowest BCUT2D eigenvalue weighted by Gasteiger charge is -2.35. The molecule has 1 unspecified atom stereocenters. The average Bonchev–Trinajstić information content (AvgIpc) is 3.26. The van der Waals surface area contributed by atoms with Gasteiger partial charge in [0.2, 0.25) is 0 Å². The second kappa shape index (κ2) is 8.35. The molecule has 1 aromatic heterocycles. The van der Waals surface area contributed by atoms with Gasteiger partial charge >= 0.3 is 0 Å². The van der Waals surface area contributed by atoms with Crippen molar-refractivity contribution in [1.82, 2.24) is 14.9 Å². The van der Waals surface area contributed by atoms with E-state index in [1.807, 2.05) is 29.2 Å². The molecule has 2 fully saturated rings. The Hall–Kier alpha value is -2.67. The highest BCUT2D eigenvalue weighted by molar-refractivity contribution is 5.97. The number of ether oxygens (including phenoxy) is 2. The Morgan fingerprint density at radius 3 is 2.78 bits per heavy atom. The predicted molar refractivity (Wildman–Crippen MR) is 101 cm³/mol. The highest BCUT2D eigenvalue weighted by Gasteiger charge is 2.25. The first kappa shape index (κ1) is 17.7. The Labute approximate surface area is 158 Å². The van der Waals surface area contributed by atoms with Crippen LogP contribution in [0.3, 0.4) is 0 Å². The molecule has 0 bridgehead atoms. The fourth-order valence-electron chi connectivity index (χ4n) is 3.49. The first-order chi connectivity index (χ1) is 13.3. The molecule has 0 saturated carbocycles. The summed E-state index contributed by atoms with van der Waals surface area (Å²) in [6, 6.07) is 7.47. The van der Waals surface area contributed by atoms with Crippen molar-refractivity contribution in [3.05, 3.63) is 48.4 Å². The van der Waals surface area contributed by atoms with Crippen LogP contribution in [0.1, 0.15) is 23.2 Å². The lowest BCUT2D eigenvalue weighted by molar-refractivity contribution is 0.0648. The Bertz CT molecular complexity index is 757. The molecule has 2 aliphatic heterocycles. The Morgan fingerprint density at radius 2 is 2.04 bits per heavy atom. The molecule has 1 atom stereocenters. The number of benzene rings is 1. The van der Waals surface area contributed by atoms with E-state index in [-0.39, 0.29) is 12.0 Å². The summed E-state index contributed by atoms with van der Waals surface area (Å²) in [6.45, 7) is 4.06. The minimum absolute atomic E-state index is 0.0109. The van der Waals surface area contributed by atoms with Gasteiger partial charge in [0.25, 0.3) is 5.91 Å². The van der Waals surface area contributed by atoms with Crippen molar-refractivity contribution < 1.29 is 14.3 Å². The maximum Gasteiger partial charge on any atom is 0.257 e. The van der Waals surface area contributed by atoms with Crippen LogP contribution in [0.5, 0.6) is 5.75 Å². The molecule has 7 heteroatoms. The quantitative estimate of drug-likeness (QED) is 0.804. The van der Waals surface area contributed by atoms with Crippen LogP contribution in [-0.2, 0) is 4.74 Å². The molecule has 2 aliphatic rings. The zero-order chi connectivity index (χ0) is 18.5. The second-order valence-electron chi connectivity index (χ2n) is 6.79. The van der Waals surface area contributed by atoms with E-state index >= 15 is 0 Å². The lowest BCUT2D eigenvalue weighted by Crippen LogP contribution is -2.49. The van der Waals surface area contributed by atoms with Crippen LogP contribution in [0.4, 0.5) is 5.82 Å². The summed E-state index contributed by atoms with van der Waals surface area (Å²) in [4.78, 5) is 25.5. The van der Waals surface area contributed by atoms with Crippen molar-refractivity contribution in [2.45, 2.75) is 18.9 Å². The van der Waals surface area contributed by atoms with Gasteiger partial charge in [-0.2, -0.15) is 0 Å². The molecule has 2 saturated heterocycles. The molecule has 4 rings (SSSR count). The number of anilines is 1. The normalized spacial score (nSPS) is 19.9. The molecular formula is C20H24N4O3. The third-order valence-corrected chi connectivity index (χ3v) is 5.01. The van der Waals surface area contributed by atoms with Crippen LogP contribution < -0.4 is 9.64 Å². The summed E-state index contributed by atoms with van der Waals surface area (Å²) < 4.78 is 11.5. The van der Waals surface area contributed by atoms with Crippen LogP contribution >= 0.6 is 0 Å². The van der Waals surface area contributed by atoms with Crippen molar-refractivity contribution in [3.63, 3.8) is 0 Å². The van der Waals surface area contributed by atoms with Crippen LogP contribution in [0.25, 0.3) is 0 Å². The van der Waals surface area contributed by atoms with Gasteiger partial charge in [-0.3, -0.25) is 9.78 Å². The van der Waals surface area contributed by atoms with E-state index in [0.717, 1.165) is 38.4 Å². The van der Waals surface area contributed by atoms with Crippen LogP contribution in [0.15, 0.2) is 42.9 Å². The highest BCUT2D eigenvalue weighted by atomic mass is 16.5. The van der Waals surface area contributed by atoms with E-state index < -0.39 is 0 Å². The van der Waals surface area contributed by atoms with Gasteiger partial charge in [-0.05, 0) is 25.0 Å². The van der Waals surface area contributed by atoms with Gasteiger partial charge in [0, 0.05) is 45.2 Å². The standard InChI is InChI=1S/C20H24N4O3/c25-20(24-11-9-23(10-12-24)19-14-21-7-8-22-19)17-5-1-2-6-18(17)27-15-16-4-3-13-26-16/h1-2,5-8,14,16H,3-4,9-13,15H2. The van der Waals surface area contributed by atoms with Gasteiger partial charge in [0.1, 0.15) is 18.2 Å². The number of hydrogen-bond acceptors (Lipinski definition) is 6. The van der Waals surface area contributed by atoms with Gasteiger partial charge in [-0.1, -0.05) is 12.1 Å². The number of rotatable bonds is 5. The summed E-state index contributed by atoms with van der Waals surface area (Å²) in [5, 5.41) is 0. The number of carbonyl (C=O) groups is 1. The van der Waals surface area contributed by atoms with Crippen molar-refractivity contribution in [2.24, 2.45) is 0 Å². The van der Waals surface area contributed by atoms with Gasteiger partial charge in [0.05, 0.1) is 17.9 Å². The maximum atomic E-state index is 13.0. The van der Waals surface area contributed by atoms with E-state index in [9.17, 15) is 4.79 Å². The minimum Gasteiger partial charge on any atom is -0.490 e. The first-order valence-electron chi connectivity index (χ1n) is 9.45. The van der Waals surface area contributed by atoms with Crippen LogP contribution in [-0.4, -0.2) is 66.3 Å². The SMILES string of the molecule is O=C(c1ccccc1OCC1CCCO1)N1CCN(c2cnccn2)CC1. The van der Waals surface area contributed by atoms with Gasteiger partial charge in [0.15, 0.2) is 0 Å².